The predicted molar refractivity (Wildman–Crippen MR) is 95.2 cm³/mol. The van der Waals surface area contributed by atoms with Crippen LogP contribution in [0.3, 0.4) is 0 Å². The molecule has 2 saturated carbocycles. The first-order chi connectivity index (χ1) is 11.1. The molecule has 2 aliphatic heterocycles. The largest absolute Gasteiger partial charge is 0.456 e. The molecule has 0 bridgehead atoms. The van der Waals surface area contributed by atoms with E-state index in [9.17, 15) is 0 Å². The minimum atomic E-state index is -1.44. The molecule has 6 unspecified atom stereocenters. The molecule has 0 aromatic rings. The molecule has 23 heavy (non-hydrogen) atoms. The van der Waals surface area contributed by atoms with E-state index < -0.39 is 8.32 Å². The van der Waals surface area contributed by atoms with Gasteiger partial charge in [0.05, 0.1) is 24.4 Å². The molecule has 2 radical (unpaired) electrons. The fourth-order valence-corrected chi connectivity index (χ4v) is 8.62. The molecule has 0 aromatic carbocycles. The van der Waals surface area contributed by atoms with Gasteiger partial charge in [0, 0.05) is 0 Å². The molecule has 0 amide bonds. The summed E-state index contributed by atoms with van der Waals surface area (Å²) in [4.78, 5) is 0. The van der Waals surface area contributed by atoms with Crippen molar-refractivity contribution < 1.29 is 13.6 Å². The molecule has 3 nitrogen and oxygen atoms in total. The first-order valence-corrected chi connectivity index (χ1v) is 14.0. The molecule has 2 aliphatic carbocycles. The lowest BCUT2D eigenvalue weighted by Gasteiger charge is -2.27. The second-order valence-electron chi connectivity index (χ2n) is 8.87. The monoisotopic (exact) mass is 352 g/mol. The first kappa shape index (κ1) is 16.8. The summed E-state index contributed by atoms with van der Waals surface area (Å²) in [5.74, 6) is 1.82. The van der Waals surface area contributed by atoms with Gasteiger partial charge in [0.25, 0.3) is 0 Å². The van der Waals surface area contributed by atoms with Crippen molar-refractivity contribution >= 4 is 18.1 Å². The molecule has 0 N–H and O–H groups in total. The van der Waals surface area contributed by atoms with Crippen LogP contribution in [0.5, 0.6) is 0 Å². The molecular formula is C18H32O3Si2. The maximum atomic E-state index is 6.39. The predicted octanol–water partition coefficient (Wildman–Crippen LogP) is 4.16. The Labute approximate surface area is 144 Å². The van der Waals surface area contributed by atoms with Crippen molar-refractivity contribution in [1.82, 2.24) is 0 Å². The van der Waals surface area contributed by atoms with E-state index in [1.807, 2.05) is 0 Å². The minimum Gasteiger partial charge on any atom is -0.456 e. The molecule has 5 heteroatoms. The summed E-state index contributed by atoms with van der Waals surface area (Å²) in [7, 11) is -0.709. The average Bonchev–Trinajstić information content (AvgIpc) is 3.42. The van der Waals surface area contributed by atoms with Crippen molar-refractivity contribution in [3.05, 3.63) is 0 Å². The Hall–Kier alpha value is 0.314. The topological polar surface area (TPSA) is 34.3 Å². The summed E-state index contributed by atoms with van der Waals surface area (Å²) in [6.07, 6.45) is 13.3. The van der Waals surface area contributed by atoms with Crippen LogP contribution >= 0.6 is 0 Å². The fourth-order valence-electron chi connectivity index (χ4n) is 4.61. The number of hydrogen-bond donors (Lipinski definition) is 0. The second kappa shape index (κ2) is 6.91. The van der Waals surface area contributed by atoms with E-state index >= 15 is 0 Å². The Morgan fingerprint density at radius 3 is 2.09 bits per heavy atom. The number of epoxide rings is 2. The van der Waals surface area contributed by atoms with Gasteiger partial charge in [0.1, 0.15) is 0 Å². The summed E-state index contributed by atoms with van der Waals surface area (Å²) in [6.45, 7) is 4.84. The third-order valence-electron chi connectivity index (χ3n) is 6.38. The second-order valence-corrected chi connectivity index (χ2v) is 14.5. The summed E-state index contributed by atoms with van der Waals surface area (Å²) in [5.41, 5.74) is 0. The summed E-state index contributed by atoms with van der Waals surface area (Å²) >= 11 is 0. The van der Waals surface area contributed by atoms with Gasteiger partial charge < -0.3 is 13.6 Å². The zero-order valence-corrected chi connectivity index (χ0v) is 16.8. The fraction of sp³-hybridized carbons (Fsp3) is 1.00. The van der Waals surface area contributed by atoms with Gasteiger partial charge in [-0.2, -0.15) is 0 Å². The lowest BCUT2D eigenvalue weighted by molar-refractivity contribution is 0.354. The molecule has 2 saturated heterocycles. The zero-order valence-electron chi connectivity index (χ0n) is 14.8. The summed E-state index contributed by atoms with van der Waals surface area (Å²) in [6, 6.07) is 2.61. The normalized spacial score (nSPS) is 42.0. The van der Waals surface area contributed by atoms with E-state index in [1.165, 1.54) is 63.5 Å². The maximum Gasteiger partial charge on any atom is 0.215 e. The van der Waals surface area contributed by atoms with Crippen LogP contribution in [-0.4, -0.2) is 42.5 Å². The van der Waals surface area contributed by atoms with Crippen molar-refractivity contribution in [2.45, 2.75) is 101 Å². The van der Waals surface area contributed by atoms with Crippen molar-refractivity contribution in [1.29, 1.82) is 0 Å². The van der Waals surface area contributed by atoms with Gasteiger partial charge in [-0.25, -0.2) is 0 Å². The number of fused-ring (bicyclic) bond motifs is 2. The van der Waals surface area contributed by atoms with E-state index in [2.05, 4.69) is 13.1 Å². The van der Waals surface area contributed by atoms with E-state index in [1.54, 1.807) is 0 Å². The highest BCUT2D eigenvalue weighted by molar-refractivity contribution is 6.75. The van der Waals surface area contributed by atoms with Gasteiger partial charge >= 0.3 is 0 Å². The molecule has 6 atom stereocenters. The van der Waals surface area contributed by atoms with Gasteiger partial charge in [0.15, 0.2) is 8.32 Å². The van der Waals surface area contributed by atoms with Gasteiger partial charge in [0.2, 0.25) is 9.76 Å². The molecule has 4 aliphatic rings. The minimum absolute atomic E-state index is 0.631. The molecule has 4 rings (SSSR count). The Balaban J connectivity index is 1.08. The number of hydrogen-bond acceptors (Lipinski definition) is 3. The highest BCUT2D eigenvalue weighted by Gasteiger charge is 2.44. The molecule has 0 aromatic heterocycles. The molecule has 2 heterocycles. The van der Waals surface area contributed by atoms with E-state index in [0.29, 0.717) is 24.4 Å². The molecule has 0 spiro atoms. The van der Waals surface area contributed by atoms with Crippen LogP contribution in [0.2, 0.25) is 25.2 Å². The highest BCUT2D eigenvalue weighted by atomic mass is 28.4. The Bertz CT molecular complexity index is 417. The van der Waals surface area contributed by atoms with Crippen LogP contribution in [-0.2, 0) is 13.6 Å². The number of rotatable bonds is 8. The van der Waals surface area contributed by atoms with Crippen LogP contribution in [0.4, 0.5) is 0 Å². The summed E-state index contributed by atoms with van der Waals surface area (Å²) in [5, 5.41) is 0. The highest BCUT2D eigenvalue weighted by Crippen LogP contribution is 2.42. The average molecular weight is 353 g/mol. The molecule has 130 valence electrons. The number of ether oxygens (including phenoxy) is 2. The van der Waals surface area contributed by atoms with Gasteiger partial charge in [-0.3, -0.25) is 0 Å². The van der Waals surface area contributed by atoms with Gasteiger partial charge in [-0.05, 0) is 75.5 Å². The van der Waals surface area contributed by atoms with E-state index in [4.69, 9.17) is 13.6 Å². The smallest absolute Gasteiger partial charge is 0.215 e. The Kier molecular flexibility index (Phi) is 5.03. The Morgan fingerprint density at radius 1 is 0.870 bits per heavy atom. The third-order valence-corrected chi connectivity index (χ3v) is 11.2. The molecule has 4 fully saturated rings. The van der Waals surface area contributed by atoms with E-state index in [0.717, 1.165) is 21.6 Å². The van der Waals surface area contributed by atoms with Crippen molar-refractivity contribution in [3.63, 3.8) is 0 Å². The third kappa shape index (κ3) is 4.69. The Morgan fingerprint density at radius 2 is 1.48 bits per heavy atom. The lowest BCUT2D eigenvalue weighted by Crippen LogP contribution is -2.33. The quantitative estimate of drug-likeness (QED) is 0.374. The first-order valence-electron chi connectivity index (χ1n) is 9.81. The lowest BCUT2D eigenvalue weighted by atomic mass is 9.88. The van der Waals surface area contributed by atoms with E-state index in [-0.39, 0.29) is 0 Å². The molecular weight excluding hydrogens is 320 g/mol. The van der Waals surface area contributed by atoms with Crippen molar-refractivity contribution in [3.8, 4) is 0 Å². The summed E-state index contributed by atoms with van der Waals surface area (Å²) < 4.78 is 17.7. The van der Waals surface area contributed by atoms with Crippen molar-refractivity contribution in [2.24, 2.45) is 11.8 Å². The van der Waals surface area contributed by atoms with Crippen LogP contribution in [0, 0.1) is 11.8 Å². The zero-order chi connectivity index (χ0) is 15.9. The van der Waals surface area contributed by atoms with Crippen LogP contribution in [0.15, 0.2) is 0 Å². The van der Waals surface area contributed by atoms with Gasteiger partial charge in [-0.1, -0.05) is 12.8 Å². The van der Waals surface area contributed by atoms with Gasteiger partial charge in [-0.15, -0.1) is 0 Å². The standard InChI is InChI=1S/C18H32O3Si2/c1-23(2,10-8-14-4-6-16-18(12-14)20-16)21-22-9-7-13-3-5-15-17(11-13)19-15/h13-18H,3-12H2,1-2H3. The SMILES string of the molecule is C[Si](C)(CCC1CCC2OC2C1)O[Si]CCC1CCC2OC2C1. The van der Waals surface area contributed by atoms with Crippen LogP contribution in [0.1, 0.15) is 51.4 Å². The van der Waals surface area contributed by atoms with Crippen LogP contribution < -0.4 is 0 Å². The maximum absolute atomic E-state index is 6.39. The van der Waals surface area contributed by atoms with Crippen molar-refractivity contribution in [2.75, 3.05) is 0 Å². The van der Waals surface area contributed by atoms with Crippen LogP contribution in [0.25, 0.3) is 0 Å².